The summed E-state index contributed by atoms with van der Waals surface area (Å²) < 4.78 is 76.5. The molecule has 8 heteroatoms. The number of halogens is 6. The third kappa shape index (κ3) is 3.44. The number of carbonyl (C=O) groups excluding carboxylic acids is 1. The first-order valence-corrected chi connectivity index (χ1v) is 5.83. The van der Waals surface area contributed by atoms with Gasteiger partial charge in [0.2, 0.25) is 0 Å². The Balaban J connectivity index is 2.67. The van der Waals surface area contributed by atoms with Crippen molar-refractivity contribution in [2.24, 2.45) is 0 Å². The van der Waals surface area contributed by atoms with Crippen LogP contribution in [0.3, 0.4) is 0 Å². The van der Waals surface area contributed by atoms with Crippen LogP contribution in [-0.4, -0.2) is 11.3 Å². The highest BCUT2D eigenvalue weighted by Crippen LogP contribution is 2.38. The highest BCUT2D eigenvalue weighted by molar-refractivity contribution is 5.74. The normalized spacial score (nSPS) is 12.3. The summed E-state index contributed by atoms with van der Waals surface area (Å²) in [6.07, 6.45) is -9.52. The Labute approximate surface area is 120 Å². The molecule has 0 atom stereocenters. The number of alkyl halides is 6. The van der Waals surface area contributed by atoms with Crippen LogP contribution in [-0.2, 0) is 12.4 Å². The fourth-order valence-corrected chi connectivity index (χ4v) is 1.78. The Morgan fingerprint density at radius 3 is 1.86 bits per heavy atom. The quantitative estimate of drug-likeness (QED) is 0.598. The average Bonchev–Trinajstić information content (AvgIpc) is 2.45. The highest BCUT2D eigenvalue weighted by Gasteiger charge is 2.37. The van der Waals surface area contributed by atoms with Crippen molar-refractivity contribution < 1.29 is 31.1 Å². The van der Waals surface area contributed by atoms with Crippen molar-refractivity contribution in [3.05, 3.63) is 53.2 Å². The molecule has 2 nitrogen and oxygen atoms in total. The molecule has 1 aromatic heterocycles. The molecule has 116 valence electrons. The van der Waals surface area contributed by atoms with E-state index >= 15 is 0 Å². The molecule has 0 N–H and O–H groups in total. The summed E-state index contributed by atoms with van der Waals surface area (Å²) in [6, 6.07) is 4.99. The molecule has 0 radical (unpaired) electrons. The van der Waals surface area contributed by atoms with E-state index in [1.165, 1.54) is 18.2 Å². The third-order valence-corrected chi connectivity index (χ3v) is 2.77. The van der Waals surface area contributed by atoms with Gasteiger partial charge in [0.1, 0.15) is 5.69 Å². The molecule has 0 spiro atoms. The summed E-state index contributed by atoms with van der Waals surface area (Å²) in [5, 5.41) is 0. The zero-order valence-corrected chi connectivity index (χ0v) is 10.7. The van der Waals surface area contributed by atoms with Gasteiger partial charge < -0.3 is 0 Å². The molecule has 2 aromatic rings. The highest BCUT2D eigenvalue weighted by atomic mass is 19.4. The zero-order chi connectivity index (χ0) is 16.5. The molecule has 1 heterocycles. The lowest BCUT2D eigenvalue weighted by atomic mass is 10.0. The number of aromatic nitrogens is 1. The van der Waals surface area contributed by atoms with Crippen LogP contribution in [0, 0.1) is 0 Å². The first-order valence-electron chi connectivity index (χ1n) is 5.83. The lowest BCUT2D eigenvalue weighted by molar-refractivity contribution is -0.143. The van der Waals surface area contributed by atoms with Crippen LogP contribution in [0.15, 0.2) is 36.4 Å². The Morgan fingerprint density at radius 2 is 1.41 bits per heavy atom. The second-order valence-electron chi connectivity index (χ2n) is 4.36. The predicted octanol–water partition coefficient (Wildman–Crippen LogP) is 4.60. The molecule has 1 aromatic carbocycles. The number of rotatable bonds is 2. The first kappa shape index (κ1) is 16.0. The molecular formula is C14H7F6NO. The van der Waals surface area contributed by atoms with E-state index < -0.39 is 23.5 Å². The van der Waals surface area contributed by atoms with E-state index in [4.69, 9.17) is 0 Å². The van der Waals surface area contributed by atoms with Crippen molar-refractivity contribution in [2.75, 3.05) is 0 Å². The van der Waals surface area contributed by atoms with E-state index in [0.29, 0.717) is 18.4 Å². The van der Waals surface area contributed by atoms with Crippen molar-refractivity contribution in [3.63, 3.8) is 0 Å². The molecule has 0 saturated heterocycles. The standard InChI is InChI=1S/C14H7F6NO/c15-13(16,17)9-4-8(5-10(6-9)14(18,19)20)12-3-1-2-11(7-22)21-12/h1-7H. The molecule has 0 aliphatic carbocycles. The van der Waals surface area contributed by atoms with E-state index in [2.05, 4.69) is 4.98 Å². The second-order valence-corrected chi connectivity index (χ2v) is 4.36. The van der Waals surface area contributed by atoms with Gasteiger partial charge in [0.15, 0.2) is 6.29 Å². The van der Waals surface area contributed by atoms with Crippen molar-refractivity contribution in [2.45, 2.75) is 12.4 Å². The van der Waals surface area contributed by atoms with E-state index in [-0.39, 0.29) is 23.0 Å². The fourth-order valence-electron chi connectivity index (χ4n) is 1.78. The summed E-state index contributed by atoms with van der Waals surface area (Å²) in [4.78, 5) is 14.3. The molecule has 0 amide bonds. The molecular weight excluding hydrogens is 312 g/mol. The lowest BCUT2D eigenvalue weighted by Crippen LogP contribution is -2.11. The minimum absolute atomic E-state index is 0.0348. The van der Waals surface area contributed by atoms with Crippen molar-refractivity contribution in [1.82, 2.24) is 4.98 Å². The molecule has 0 unspecified atom stereocenters. The number of hydrogen-bond acceptors (Lipinski definition) is 2. The van der Waals surface area contributed by atoms with Gasteiger partial charge in [-0.1, -0.05) is 6.07 Å². The summed E-state index contributed by atoms with van der Waals surface area (Å²) in [6.45, 7) is 0. The van der Waals surface area contributed by atoms with Crippen LogP contribution < -0.4 is 0 Å². The largest absolute Gasteiger partial charge is 0.416 e. The monoisotopic (exact) mass is 319 g/mol. The van der Waals surface area contributed by atoms with Gasteiger partial charge in [0.25, 0.3) is 0 Å². The third-order valence-electron chi connectivity index (χ3n) is 2.77. The van der Waals surface area contributed by atoms with Gasteiger partial charge in [0.05, 0.1) is 16.8 Å². The molecule has 2 rings (SSSR count). The van der Waals surface area contributed by atoms with E-state index in [1.54, 1.807) is 0 Å². The van der Waals surface area contributed by atoms with E-state index in [0.717, 1.165) is 0 Å². The minimum Gasteiger partial charge on any atom is -0.296 e. The summed E-state index contributed by atoms with van der Waals surface area (Å²) >= 11 is 0. The van der Waals surface area contributed by atoms with Crippen molar-refractivity contribution in [1.29, 1.82) is 0 Å². The van der Waals surface area contributed by atoms with Crippen LogP contribution in [0.2, 0.25) is 0 Å². The van der Waals surface area contributed by atoms with Crippen LogP contribution >= 0.6 is 0 Å². The molecule has 22 heavy (non-hydrogen) atoms. The van der Waals surface area contributed by atoms with Gasteiger partial charge in [-0.05, 0) is 30.3 Å². The Morgan fingerprint density at radius 1 is 0.864 bits per heavy atom. The van der Waals surface area contributed by atoms with Gasteiger partial charge in [-0.3, -0.25) is 4.79 Å². The second kappa shape index (κ2) is 5.43. The molecule has 0 saturated carbocycles. The van der Waals surface area contributed by atoms with Crippen molar-refractivity contribution >= 4 is 6.29 Å². The molecule has 0 aliphatic rings. The number of nitrogens with zero attached hydrogens (tertiary/aromatic N) is 1. The first-order chi connectivity index (χ1) is 10.1. The molecule has 0 fully saturated rings. The maximum Gasteiger partial charge on any atom is 0.416 e. The number of hydrogen-bond donors (Lipinski definition) is 0. The van der Waals surface area contributed by atoms with Gasteiger partial charge in [-0.15, -0.1) is 0 Å². The molecule has 0 aliphatic heterocycles. The summed E-state index contributed by atoms with van der Waals surface area (Å²) in [7, 11) is 0. The van der Waals surface area contributed by atoms with Crippen molar-refractivity contribution in [3.8, 4) is 11.3 Å². The maximum atomic E-state index is 12.8. The smallest absolute Gasteiger partial charge is 0.296 e. The fraction of sp³-hybridized carbons (Fsp3) is 0.143. The molecule has 0 bridgehead atoms. The Kier molecular flexibility index (Phi) is 3.95. The predicted molar refractivity (Wildman–Crippen MR) is 65.1 cm³/mol. The zero-order valence-electron chi connectivity index (χ0n) is 10.7. The van der Waals surface area contributed by atoms with E-state index in [1.807, 2.05) is 0 Å². The van der Waals surface area contributed by atoms with Crippen LogP contribution in [0.1, 0.15) is 21.6 Å². The van der Waals surface area contributed by atoms with Crippen LogP contribution in [0.5, 0.6) is 0 Å². The summed E-state index contributed by atoms with van der Waals surface area (Å²) in [5.74, 6) is 0. The average molecular weight is 319 g/mol. The number of carbonyl (C=O) groups is 1. The SMILES string of the molecule is O=Cc1cccc(-c2cc(C(F)(F)F)cc(C(F)(F)F)c2)n1. The Bertz CT molecular complexity index is 673. The van der Waals surface area contributed by atoms with Gasteiger partial charge in [0, 0.05) is 5.56 Å². The van der Waals surface area contributed by atoms with Gasteiger partial charge in [-0.25, -0.2) is 4.98 Å². The van der Waals surface area contributed by atoms with E-state index in [9.17, 15) is 31.1 Å². The summed E-state index contributed by atoms with van der Waals surface area (Å²) in [5.41, 5.74) is -3.48. The van der Waals surface area contributed by atoms with Gasteiger partial charge in [-0.2, -0.15) is 26.3 Å². The topological polar surface area (TPSA) is 30.0 Å². The van der Waals surface area contributed by atoms with Gasteiger partial charge >= 0.3 is 12.4 Å². The maximum absolute atomic E-state index is 12.8. The number of benzene rings is 1. The van der Waals surface area contributed by atoms with Crippen LogP contribution in [0.25, 0.3) is 11.3 Å². The Hall–Kier alpha value is -2.38. The minimum atomic E-state index is -4.93. The number of aldehydes is 1. The lowest BCUT2D eigenvalue weighted by Gasteiger charge is -2.14. The number of pyridine rings is 1. The van der Waals surface area contributed by atoms with Crippen LogP contribution in [0.4, 0.5) is 26.3 Å².